The number of hydrogen-bond donors (Lipinski definition) is 1. The molecule has 0 bridgehead atoms. The van der Waals surface area contributed by atoms with E-state index in [-0.39, 0.29) is 0 Å². The molecule has 2 aromatic carbocycles. The Balaban J connectivity index is 1.91. The highest BCUT2D eigenvalue weighted by Gasteiger charge is 2.18. The predicted molar refractivity (Wildman–Crippen MR) is 81.0 cm³/mol. The van der Waals surface area contributed by atoms with Crippen molar-refractivity contribution >= 4 is 0 Å². The summed E-state index contributed by atoms with van der Waals surface area (Å²) >= 11 is 0. The van der Waals surface area contributed by atoms with Gasteiger partial charge in [0.15, 0.2) is 23.0 Å². The molecule has 1 N–H and O–H groups in total. The Morgan fingerprint density at radius 1 is 0.864 bits per heavy atom. The van der Waals surface area contributed by atoms with Crippen molar-refractivity contribution in [3.05, 3.63) is 47.5 Å². The van der Waals surface area contributed by atoms with Crippen molar-refractivity contribution in [2.45, 2.75) is 6.10 Å². The van der Waals surface area contributed by atoms with E-state index in [1.807, 2.05) is 18.2 Å². The summed E-state index contributed by atoms with van der Waals surface area (Å²) in [6.07, 6.45) is -0.782. The molecule has 0 fully saturated rings. The summed E-state index contributed by atoms with van der Waals surface area (Å²) in [5, 5.41) is 10.6. The topological polar surface area (TPSA) is 57.2 Å². The Morgan fingerprint density at radius 2 is 1.50 bits per heavy atom. The zero-order valence-corrected chi connectivity index (χ0v) is 12.5. The van der Waals surface area contributed by atoms with Crippen LogP contribution in [0.15, 0.2) is 36.4 Å². The molecule has 2 aromatic rings. The normalized spacial score (nSPS) is 14.3. The molecule has 0 saturated carbocycles. The van der Waals surface area contributed by atoms with E-state index in [9.17, 15) is 5.11 Å². The van der Waals surface area contributed by atoms with Crippen LogP contribution in [0.3, 0.4) is 0 Å². The summed E-state index contributed by atoms with van der Waals surface area (Å²) < 4.78 is 21.5. The van der Waals surface area contributed by atoms with Crippen LogP contribution < -0.4 is 18.9 Å². The second-order valence-electron chi connectivity index (χ2n) is 4.92. The van der Waals surface area contributed by atoms with Crippen LogP contribution in [0.25, 0.3) is 0 Å². The van der Waals surface area contributed by atoms with E-state index in [1.54, 1.807) is 32.4 Å². The van der Waals surface area contributed by atoms with Gasteiger partial charge in [-0.1, -0.05) is 12.1 Å². The third-order valence-electron chi connectivity index (χ3n) is 3.61. The van der Waals surface area contributed by atoms with Crippen LogP contribution in [0.5, 0.6) is 23.0 Å². The summed E-state index contributed by atoms with van der Waals surface area (Å²) in [7, 11) is 3.15. The Bertz CT molecular complexity index is 629. The largest absolute Gasteiger partial charge is 0.493 e. The van der Waals surface area contributed by atoms with Crippen LogP contribution in [0, 0.1) is 0 Å². The zero-order chi connectivity index (χ0) is 15.5. The van der Waals surface area contributed by atoms with Gasteiger partial charge in [0, 0.05) is 0 Å². The first-order chi connectivity index (χ1) is 10.7. The number of ether oxygens (including phenoxy) is 4. The van der Waals surface area contributed by atoms with Crippen LogP contribution >= 0.6 is 0 Å². The minimum Gasteiger partial charge on any atom is -0.493 e. The van der Waals surface area contributed by atoms with Gasteiger partial charge in [-0.15, -0.1) is 0 Å². The average Bonchev–Trinajstić information content (AvgIpc) is 2.60. The molecule has 3 rings (SSSR count). The molecule has 116 valence electrons. The van der Waals surface area contributed by atoms with Crippen LogP contribution in [0.2, 0.25) is 0 Å². The Morgan fingerprint density at radius 3 is 2.23 bits per heavy atom. The summed E-state index contributed by atoms with van der Waals surface area (Å²) in [5.74, 6) is 2.56. The van der Waals surface area contributed by atoms with Gasteiger partial charge in [0.1, 0.15) is 19.3 Å². The number of fused-ring (bicyclic) bond motifs is 1. The fraction of sp³-hybridized carbons (Fsp3) is 0.294. The number of rotatable bonds is 4. The molecule has 1 aliphatic rings. The number of aliphatic hydroxyl groups excluding tert-OH is 1. The van der Waals surface area contributed by atoms with Gasteiger partial charge in [-0.25, -0.2) is 0 Å². The molecule has 1 aliphatic heterocycles. The number of hydrogen-bond acceptors (Lipinski definition) is 5. The van der Waals surface area contributed by atoms with Crippen molar-refractivity contribution in [3.63, 3.8) is 0 Å². The van der Waals surface area contributed by atoms with Crippen LogP contribution in [0.4, 0.5) is 0 Å². The Labute approximate surface area is 129 Å². The first kappa shape index (κ1) is 14.5. The number of aliphatic hydroxyl groups is 1. The maximum atomic E-state index is 10.6. The third kappa shape index (κ3) is 2.67. The molecule has 0 aromatic heterocycles. The molecule has 1 atom stereocenters. The highest BCUT2D eigenvalue weighted by molar-refractivity contribution is 5.48. The van der Waals surface area contributed by atoms with E-state index in [0.29, 0.717) is 41.8 Å². The summed E-state index contributed by atoms with van der Waals surface area (Å²) in [5.41, 5.74) is 1.45. The van der Waals surface area contributed by atoms with E-state index in [1.165, 1.54) is 0 Å². The molecule has 1 heterocycles. The highest BCUT2D eigenvalue weighted by atomic mass is 16.6. The minimum atomic E-state index is -0.782. The Hall–Kier alpha value is -2.40. The fourth-order valence-electron chi connectivity index (χ4n) is 2.45. The molecular formula is C17H18O5. The first-order valence-electron chi connectivity index (χ1n) is 7.02. The molecule has 0 radical (unpaired) electrons. The second-order valence-corrected chi connectivity index (χ2v) is 4.92. The average molecular weight is 302 g/mol. The smallest absolute Gasteiger partial charge is 0.161 e. The lowest BCUT2D eigenvalue weighted by molar-refractivity contribution is 0.169. The second kappa shape index (κ2) is 6.15. The predicted octanol–water partition coefficient (Wildman–Crippen LogP) is 2.56. The van der Waals surface area contributed by atoms with Crippen LogP contribution in [-0.4, -0.2) is 32.5 Å². The number of methoxy groups -OCH3 is 2. The maximum absolute atomic E-state index is 10.6. The van der Waals surface area contributed by atoms with Crippen molar-refractivity contribution < 1.29 is 24.1 Å². The van der Waals surface area contributed by atoms with E-state index in [0.717, 1.165) is 5.56 Å². The molecule has 0 amide bonds. The first-order valence-corrected chi connectivity index (χ1v) is 7.02. The van der Waals surface area contributed by atoms with E-state index < -0.39 is 6.10 Å². The standard InChI is InChI=1S/C17H18O5/c1-19-13-5-3-11(9-15(13)20-2)17(18)12-4-6-14-16(10-12)22-8-7-21-14/h3-6,9-10,17-18H,7-8H2,1-2H3. The highest BCUT2D eigenvalue weighted by Crippen LogP contribution is 2.36. The van der Waals surface area contributed by atoms with Gasteiger partial charge in [0.2, 0.25) is 0 Å². The van der Waals surface area contributed by atoms with Gasteiger partial charge in [-0.2, -0.15) is 0 Å². The SMILES string of the molecule is COc1ccc(C(O)c2ccc3c(c2)OCCO3)cc1OC. The lowest BCUT2D eigenvalue weighted by atomic mass is 10.0. The van der Waals surface area contributed by atoms with Crippen molar-refractivity contribution in [1.29, 1.82) is 0 Å². The summed E-state index contributed by atoms with van der Waals surface area (Å²) in [6.45, 7) is 1.06. The van der Waals surface area contributed by atoms with Crippen molar-refractivity contribution in [2.75, 3.05) is 27.4 Å². The molecule has 5 nitrogen and oxygen atoms in total. The molecule has 1 unspecified atom stereocenters. The van der Waals surface area contributed by atoms with Crippen molar-refractivity contribution in [3.8, 4) is 23.0 Å². The Kier molecular flexibility index (Phi) is 4.06. The maximum Gasteiger partial charge on any atom is 0.161 e. The van der Waals surface area contributed by atoms with E-state index in [2.05, 4.69) is 0 Å². The summed E-state index contributed by atoms with van der Waals surface area (Å²) in [4.78, 5) is 0. The molecule has 0 aliphatic carbocycles. The zero-order valence-electron chi connectivity index (χ0n) is 12.5. The monoisotopic (exact) mass is 302 g/mol. The minimum absolute atomic E-state index is 0.517. The van der Waals surface area contributed by atoms with Gasteiger partial charge in [0.05, 0.1) is 14.2 Å². The van der Waals surface area contributed by atoms with Crippen LogP contribution in [-0.2, 0) is 0 Å². The van der Waals surface area contributed by atoms with E-state index >= 15 is 0 Å². The molecule has 0 spiro atoms. The van der Waals surface area contributed by atoms with Crippen molar-refractivity contribution in [2.24, 2.45) is 0 Å². The molecule has 22 heavy (non-hydrogen) atoms. The van der Waals surface area contributed by atoms with E-state index in [4.69, 9.17) is 18.9 Å². The lowest BCUT2D eigenvalue weighted by Crippen LogP contribution is -2.15. The molecule has 0 saturated heterocycles. The van der Waals surface area contributed by atoms with Gasteiger partial charge in [-0.05, 0) is 35.4 Å². The van der Waals surface area contributed by atoms with Gasteiger partial charge in [-0.3, -0.25) is 0 Å². The molecule has 5 heteroatoms. The number of benzene rings is 2. The van der Waals surface area contributed by atoms with Gasteiger partial charge >= 0.3 is 0 Å². The summed E-state index contributed by atoms with van der Waals surface area (Å²) in [6, 6.07) is 10.8. The van der Waals surface area contributed by atoms with Gasteiger partial charge < -0.3 is 24.1 Å². The quantitative estimate of drug-likeness (QED) is 0.940. The fourth-order valence-corrected chi connectivity index (χ4v) is 2.45. The van der Waals surface area contributed by atoms with Crippen molar-refractivity contribution in [1.82, 2.24) is 0 Å². The lowest BCUT2D eigenvalue weighted by Gasteiger charge is -2.20. The molecular weight excluding hydrogens is 284 g/mol. The van der Waals surface area contributed by atoms with Crippen LogP contribution in [0.1, 0.15) is 17.2 Å². The van der Waals surface area contributed by atoms with Gasteiger partial charge in [0.25, 0.3) is 0 Å². The third-order valence-corrected chi connectivity index (χ3v) is 3.61.